The van der Waals surface area contributed by atoms with Crippen molar-refractivity contribution in [2.75, 3.05) is 0 Å². The number of rotatable bonds is 0. The van der Waals surface area contributed by atoms with Crippen molar-refractivity contribution in [1.29, 1.82) is 0 Å². The quantitative estimate of drug-likeness (QED) is 0.267. The van der Waals surface area contributed by atoms with Gasteiger partial charge in [0, 0.05) is 12.5 Å². The van der Waals surface area contributed by atoms with Crippen molar-refractivity contribution < 1.29 is 0 Å². The van der Waals surface area contributed by atoms with Crippen molar-refractivity contribution in [3.63, 3.8) is 0 Å². The number of nitrogens with zero attached hydrogens (tertiary/aromatic N) is 2. The second kappa shape index (κ2) is 6.15. The molecule has 0 radical (unpaired) electrons. The normalized spacial score (nSPS) is 11.1. The predicted octanol–water partition coefficient (Wildman–Crippen LogP) is 5.26. The van der Waals surface area contributed by atoms with E-state index in [1.807, 2.05) is 0 Å². The Bertz CT molecular complexity index is 548. The monoisotopic (exact) mass is 885 g/mol. The first-order valence-electron chi connectivity index (χ1n) is 3.78. The molecule has 2 nitrogen and oxygen atoms in total. The fourth-order valence-corrected chi connectivity index (χ4v) is 5.97. The largest absolute Gasteiger partial charge is 0.221 e. The molecule has 0 amide bonds. The lowest BCUT2D eigenvalue weighted by molar-refractivity contribution is 1.19. The van der Waals surface area contributed by atoms with Gasteiger partial charge < -0.3 is 0 Å². The second-order valence-electron chi connectivity index (χ2n) is 2.76. The van der Waals surface area contributed by atoms with Crippen LogP contribution in [-0.2, 0) is 0 Å². The van der Waals surface area contributed by atoms with Gasteiger partial charge in [0.1, 0.15) is 7.40 Å². The Labute approximate surface area is 174 Å². The molecular formula is C8I6N2. The van der Waals surface area contributed by atoms with Crippen LogP contribution in [0.25, 0.3) is 11.0 Å². The first-order valence-corrected chi connectivity index (χ1v) is 10.3. The van der Waals surface area contributed by atoms with Crippen molar-refractivity contribution in [3.8, 4) is 0 Å². The Morgan fingerprint density at radius 1 is 0.562 bits per heavy atom. The lowest BCUT2D eigenvalue weighted by Crippen LogP contribution is -2.01. The maximum atomic E-state index is 4.55. The Morgan fingerprint density at radius 2 is 0.938 bits per heavy atom. The highest BCUT2D eigenvalue weighted by molar-refractivity contribution is 14.1. The maximum Gasteiger partial charge on any atom is 0.163 e. The molecule has 2 aromatic heterocycles. The third-order valence-electron chi connectivity index (χ3n) is 1.82. The minimum absolute atomic E-state index is 0.850. The van der Waals surface area contributed by atoms with Crippen LogP contribution in [-0.4, -0.2) is 9.97 Å². The molecule has 0 fully saturated rings. The van der Waals surface area contributed by atoms with Crippen LogP contribution < -0.4 is 0 Å². The average molecular weight is 886 g/mol. The zero-order chi connectivity index (χ0) is 12.0. The molecule has 16 heavy (non-hydrogen) atoms. The van der Waals surface area contributed by atoms with Crippen LogP contribution in [0.2, 0.25) is 0 Å². The molecule has 0 bridgehead atoms. The second-order valence-corrected chi connectivity index (χ2v) is 9.12. The van der Waals surface area contributed by atoms with E-state index in [9.17, 15) is 0 Å². The summed E-state index contributed by atoms with van der Waals surface area (Å²) in [4.78, 5) is 9.10. The molecule has 0 aliphatic rings. The van der Waals surface area contributed by atoms with Crippen LogP contribution in [0.3, 0.4) is 0 Å². The Morgan fingerprint density at radius 3 is 1.31 bits per heavy atom. The van der Waals surface area contributed by atoms with E-state index in [0.717, 1.165) is 13.0 Å². The minimum atomic E-state index is 0.850. The SMILES string of the molecule is Ic1nc2nc(I)c(I)c(I)c2c(I)c1I. The molecule has 84 valence electrons. The molecule has 0 saturated heterocycles. The molecule has 8 heteroatoms. The maximum absolute atomic E-state index is 4.55. The molecule has 2 heterocycles. The number of fused-ring (bicyclic) bond motifs is 1. The van der Waals surface area contributed by atoms with Crippen LogP contribution >= 0.6 is 136 Å². The molecule has 0 saturated carbocycles. The minimum Gasteiger partial charge on any atom is -0.221 e. The highest BCUT2D eigenvalue weighted by Crippen LogP contribution is 2.33. The molecule has 0 unspecified atom stereocenters. The van der Waals surface area contributed by atoms with Crippen molar-refractivity contribution >= 4 is 147 Å². The lowest BCUT2D eigenvalue weighted by atomic mass is 10.3. The molecule has 0 N–H and O–H groups in total. The highest BCUT2D eigenvalue weighted by Gasteiger charge is 2.16. The summed E-state index contributed by atoms with van der Waals surface area (Å²) in [6.07, 6.45) is 0. The van der Waals surface area contributed by atoms with Crippen molar-refractivity contribution in [2.45, 2.75) is 0 Å². The van der Waals surface area contributed by atoms with Gasteiger partial charge in [-0.25, -0.2) is 9.97 Å². The third kappa shape index (κ3) is 2.84. The average Bonchev–Trinajstić information content (AvgIpc) is 2.23. The van der Waals surface area contributed by atoms with Crippen molar-refractivity contribution in [3.05, 3.63) is 21.7 Å². The lowest BCUT2D eigenvalue weighted by Gasteiger charge is -2.09. The van der Waals surface area contributed by atoms with E-state index in [1.54, 1.807) is 0 Å². The Balaban J connectivity index is 3.03. The molecule has 2 rings (SSSR count). The Hall–Kier alpha value is 2.94. The number of halogens is 6. The number of hydrogen-bond donors (Lipinski definition) is 0. The number of hydrogen-bond acceptors (Lipinski definition) is 2. The molecule has 0 aliphatic carbocycles. The van der Waals surface area contributed by atoms with Crippen LogP contribution in [0, 0.1) is 21.7 Å². The van der Waals surface area contributed by atoms with E-state index in [0.29, 0.717) is 0 Å². The summed E-state index contributed by atoms with van der Waals surface area (Å²) >= 11 is 14.0. The summed E-state index contributed by atoms with van der Waals surface area (Å²) in [5.74, 6) is 0. The van der Waals surface area contributed by atoms with Crippen molar-refractivity contribution in [1.82, 2.24) is 9.97 Å². The summed E-state index contributed by atoms with van der Waals surface area (Å²) in [5, 5.41) is 1.18. The topological polar surface area (TPSA) is 25.8 Å². The van der Waals surface area contributed by atoms with Crippen LogP contribution in [0.5, 0.6) is 0 Å². The fraction of sp³-hybridized carbons (Fsp3) is 0. The smallest absolute Gasteiger partial charge is 0.163 e. The van der Waals surface area contributed by atoms with Crippen molar-refractivity contribution in [2.24, 2.45) is 0 Å². The van der Waals surface area contributed by atoms with Gasteiger partial charge in [0.15, 0.2) is 5.65 Å². The van der Waals surface area contributed by atoms with E-state index in [2.05, 4.69) is 146 Å². The van der Waals surface area contributed by atoms with E-state index in [4.69, 9.17) is 0 Å². The molecule has 0 aromatic carbocycles. The third-order valence-corrected chi connectivity index (χ3v) is 11.8. The van der Waals surface area contributed by atoms with Gasteiger partial charge in [-0.3, -0.25) is 0 Å². The molecule has 0 spiro atoms. The van der Waals surface area contributed by atoms with Crippen LogP contribution in [0.15, 0.2) is 0 Å². The van der Waals surface area contributed by atoms with Gasteiger partial charge in [0.2, 0.25) is 0 Å². The summed E-state index contributed by atoms with van der Waals surface area (Å²) in [7, 11) is 0. The highest BCUT2D eigenvalue weighted by atomic mass is 127. The van der Waals surface area contributed by atoms with E-state index in [-0.39, 0.29) is 0 Å². The van der Waals surface area contributed by atoms with Gasteiger partial charge in [-0.15, -0.1) is 0 Å². The molecule has 0 aliphatic heterocycles. The predicted molar refractivity (Wildman–Crippen MR) is 116 cm³/mol. The first kappa shape index (κ1) is 15.3. The number of pyridine rings is 2. The van der Waals surface area contributed by atoms with Gasteiger partial charge >= 0.3 is 0 Å². The van der Waals surface area contributed by atoms with Gasteiger partial charge in [-0.1, -0.05) is 0 Å². The fourth-order valence-electron chi connectivity index (χ4n) is 1.11. The van der Waals surface area contributed by atoms with Gasteiger partial charge in [0.25, 0.3) is 0 Å². The molecular weight excluding hydrogens is 886 g/mol. The Kier molecular flexibility index (Phi) is 5.89. The summed E-state index contributed by atoms with van der Waals surface area (Å²) in [6, 6.07) is 0. The zero-order valence-electron chi connectivity index (χ0n) is 7.16. The number of aromatic nitrogens is 2. The van der Waals surface area contributed by atoms with E-state index in [1.165, 1.54) is 19.7 Å². The first-order chi connectivity index (χ1) is 7.43. The molecule has 0 atom stereocenters. The van der Waals surface area contributed by atoms with E-state index < -0.39 is 0 Å². The van der Waals surface area contributed by atoms with Gasteiger partial charge in [-0.2, -0.15) is 0 Å². The van der Waals surface area contributed by atoms with Crippen LogP contribution in [0.1, 0.15) is 0 Å². The standard InChI is InChI=1S/C8I6N2/c9-2-1-3(10)5(12)7(14)16-8(1)15-6(13)4(2)11. The van der Waals surface area contributed by atoms with E-state index >= 15 is 0 Å². The zero-order valence-corrected chi connectivity index (χ0v) is 20.1. The van der Waals surface area contributed by atoms with Gasteiger partial charge in [-0.05, 0) is 136 Å². The van der Waals surface area contributed by atoms with Gasteiger partial charge in [0.05, 0.1) is 7.14 Å². The summed E-state index contributed by atoms with van der Waals surface area (Å²) < 4.78 is 6.97. The van der Waals surface area contributed by atoms with Crippen LogP contribution in [0.4, 0.5) is 0 Å². The molecule has 2 aromatic rings. The summed E-state index contributed by atoms with van der Waals surface area (Å²) in [6.45, 7) is 0. The summed E-state index contributed by atoms with van der Waals surface area (Å²) in [5.41, 5.74) is 0.850.